The lowest BCUT2D eigenvalue weighted by atomic mass is 10.0. The number of nitrogens with one attached hydrogen (secondary N) is 1. The first-order chi connectivity index (χ1) is 14.8. The first-order valence-corrected chi connectivity index (χ1v) is 12.3. The molecule has 13 heteroatoms. The summed E-state index contributed by atoms with van der Waals surface area (Å²) in [6.07, 6.45) is 1.65. The van der Waals surface area contributed by atoms with E-state index in [1.807, 2.05) is 13.8 Å². The SMILES string of the molecule is CCn1cc(C(=O)NC2C(=O)N3C(C(=O)O)=C(CSc4nnc(C)s4)CSC23)c(C)n1. The summed E-state index contributed by atoms with van der Waals surface area (Å²) in [5, 5.41) is 25.2. The zero-order valence-electron chi connectivity index (χ0n) is 17.0. The second kappa shape index (κ2) is 8.63. The zero-order valence-corrected chi connectivity index (χ0v) is 19.4. The Labute approximate surface area is 190 Å². The van der Waals surface area contributed by atoms with Gasteiger partial charge in [-0.1, -0.05) is 23.1 Å². The van der Waals surface area contributed by atoms with E-state index in [0.717, 1.165) is 9.35 Å². The van der Waals surface area contributed by atoms with Crippen molar-refractivity contribution in [3.8, 4) is 0 Å². The Kier molecular flexibility index (Phi) is 6.08. The molecule has 0 spiro atoms. The number of thioether (sulfide) groups is 2. The van der Waals surface area contributed by atoms with Crippen LogP contribution >= 0.6 is 34.9 Å². The lowest BCUT2D eigenvalue weighted by Crippen LogP contribution is -2.70. The summed E-state index contributed by atoms with van der Waals surface area (Å²) < 4.78 is 2.41. The molecule has 2 aliphatic heterocycles. The van der Waals surface area contributed by atoms with Crippen molar-refractivity contribution in [2.24, 2.45) is 0 Å². The number of aryl methyl sites for hydroxylation is 3. The fraction of sp³-hybridized carbons (Fsp3) is 0.444. The molecule has 0 aliphatic carbocycles. The molecular weight excluding hydrogens is 460 g/mol. The number of β-lactam (4-membered cyclic amide) rings is 1. The minimum absolute atomic E-state index is 0.00275. The van der Waals surface area contributed by atoms with Gasteiger partial charge in [-0.3, -0.25) is 19.2 Å². The number of carboxylic acids is 1. The lowest BCUT2D eigenvalue weighted by molar-refractivity contribution is -0.148. The van der Waals surface area contributed by atoms with Crippen LogP contribution in [-0.4, -0.2) is 70.7 Å². The predicted molar refractivity (Wildman–Crippen MR) is 117 cm³/mol. The van der Waals surface area contributed by atoms with Crippen molar-refractivity contribution in [2.45, 2.75) is 43.1 Å². The Morgan fingerprint density at radius 3 is 2.74 bits per heavy atom. The van der Waals surface area contributed by atoms with Crippen LogP contribution in [-0.2, 0) is 16.1 Å². The van der Waals surface area contributed by atoms with Gasteiger partial charge in [-0.25, -0.2) is 4.79 Å². The van der Waals surface area contributed by atoms with Crippen molar-refractivity contribution < 1.29 is 19.5 Å². The van der Waals surface area contributed by atoms with E-state index in [9.17, 15) is 19.5 Å². The third kappa shape index (κ3) is 4.08. The van der Waals surface area contributed by atoms with Crippen molar-refractivity contribution >= 4 is 52.6 Å². The van der Waals surface area contributed by atoms with Gasteiger partial charge in [-0.15, -0.1) is 22.0 Å². The van der Waals surface area contributed by atoms with Gasteiger partial charge < -0.3 is 10.4 Å². The summed E-state index contributed by atoms with van der Waals surface area (Å²) in [5.74, 6) is -1.08. The first-order valence-electron chi connectivity index (χ1n) is 9.48. The highest BCUT2D eigenvalue weighted by Crippen LogP contribution is 2.41. The van der Waals surface area contributed by atoms with Crippen molar-refractivity contribution in [1.82, 2.24) is 30.2 Å². The zero-order chi connectivity index (χ0) is 22.3. The summed E-state index contributed by atoms with van der Waals surface area (Å²) in [6, 6.07) is -0.767. The number of nitrogens with zero attached hydrogens (tertiary/aromatic N) is 5. The van der Waals surface area contributed by atoms with Crippen molar-refractivity contribution in [2.75, 3.05) is 11.5 Å². The average molecular weight is 481 g/mol. The molecule has 1 saturated heterocycles. The fourth-order valence-electron chi connectivity index (χ4n) is 3.40. The molecule has 164 valence electrons. The van der Waals surface area contributed by atoms with Crippen LogP contribution < -0.4 is 5.32 Å². The lowest BCUT2D eigenvalue weighted by Gasteiger charge is -2.49. The predicted octanol–water partition coefficient (Wildman–Crippen LogP) is 1.52. The quantitative estimate of drug-likeness (QED) is 0.447. The van der Waals surface area contributed by atoms with Gasteiger partial charge in [0.25, 0.3) is 11.8 Å². The number of aliphatic carboxylic acids is 1. The molecule has 2 aromatic heterocycles. The second-order valence-corrected chi connectivity index (χ2v) is 10.5. The smallest absolute Gasteiger partial charge is 0.352 e. The van der Waals surface area contributed by atoms with E-state index in [1.54, 1.807) is 17.8 Å². The van der Waals surface area contributed by atoms with Crippen molar-refractivity contribution in [3.63, 3.8) is 0 Å². The van der Waals surface area contributed by atoms with E-state index >= 15 is 0 Å². The van der Waals surface area contributed by atoms with Gasteiger partial charge in [0.1, 0.15) is 22.1 Å². The summed E-state index contributed by atoms with van der Waals surface area (Å²) in [6.45, 7) is 6.14. The Hall–Kier alpha value is -2.38. The minimum Gasteiger partial charge on any atom is -0.477 e. The molecule has 2 unspecified atom stereocenters. The summed E-state index contributed by atoms with van der Waals surface area (Å²) in [4.78, 5) is 38.7. The number of amides is 2. The van der Waals surface area contributed by atoms with E-state index in [-0.39, 0.29) is 11.6 Å². The number of hydrogen-bond donors (Lipinski definition) is 2. The van der Waals surface area contributed by atoms with Crippen LogP contribution in [0.3, 0.4) is 0 Å². The van der Waals surface area contributed by atoms with E-state index in [2.05, 4.69) is 20.6 Å². The third-order valence-electron chi connectivity index (χ3n) is 4.93. The molecule has 4 heterocycles. The van der Waals surface area contributed by atoms with Gasteiger partial charge in [0.05, 0.1) is 11.3 Å². The monoisotopic (exact) mass is 480 g/mol. The van der Waals surface area contributed by atoms with Gasteiger partial charge in [0, 0.05) is 24.2 Å². The normalized spacial score (nSPS) is 20.5. The van der Waals surface area contributed by atoms with Crippen LogP contribution in [0.15, 0.2) is 21.8 Å². The third-order valence-corrected chi connectivity index (χ3v) is 8.33. The maximum atomic E-state index is 12.8. The number of fused-ring (bicyclic) bond motifs is 1. The standard InChI is InChI=1S/C18H20N6O4S3/c1-4-23-5-11(8(2)22-23)14(25)19-12-15(26)24-13(17(27)28)10(6-29-16(12)24)7-30-18-21-20-9(3)31-18/h5,12,16H,4,6-7H2,1-3H3,(H,19,25)(H,27,28). The number of aromatic nitrogens is 4. The maximum Gasteiger partial charge on any atom is 0.352 e. The van der Waals surface area contributed by atoms with Gasteiger partial charge in [-0.2, -0.15) is 5.10 Å². The highest BCUT2D eigenvalue weighted by atomic mass is 32.2. The molecule has 31 heavy (non-hydrogen) atoms. The van der Waals surface area contributed by atoms with Crippen LogP contribution in [0.25, 0.3) is 0 Å². The summed E-state index contributed by atoms with van der Waals surface area (Å²) >= 11 is 4.29. The Bertz CT molecular complexity index is 1090. The van der Waals surface area contributed by atoms with Gasteiger partial charge in [0.2, 0.25) is 0 Å². The summed E-state index contributed by atoms with van der Waals surface area (Å²) in [5.41, 5.74) is 1.65. The molecule has 2 aliphatic rings. The molecule has 0 bridgehead atoms. The van der Waals surface area contributed by atoms with Gasteiger partial charge >= 0.3 is 5.97 Å². The van der Waals surface area contributed by atoms with Crippen molar-refractivity contribution in [3.05, 3.63) is 33.7 Å². The van der Waals surface area contributed by atoms with Crippen molar-refractivity contribution in [1.29, 1.82) is 0 Å². The minimum atomic E-state index is -1.15. The van der Waals surface area contributed by atoms with Crippen LogP contribution in [0.4, 0.5) is 0 Å². The van der Waals surface area contributed by atoms with Gasteiger partial charge in [-0.05, 0) is 26.3 Å². The van der Waals surface area contributed by atoms with E-state index < -0.39 is 23.3 Å². The topological polar surface area (TPSA) is 130 Å². The molecule has 10 nitrogen and oxygen atoms in total. The van der Waals surface area contributed by atoms with E-state index in [4.69, 9.17) is 0 Å². The number of carboxylic acid groups (broad SMARTS) is 1. The van der Waals surface area contributed by atoms with E-state index in [1.165, 1.54) is 39.8 Å². The van der Waals surface area contributed by atoms with Gasteiger partial charge in [0.15, 0.2) is 4.34 Å². The molecule has 2 aromatic rings. The number of hydrogen-bond acceptors (Lipinski definition) is 9. The van der Waals surface area contributed by atoms with Crippen LogP contribution in [0, 0.1) is 13.8 Å². The maximum absolute atomic E-state index is 12.8. The molecule has 0 radical (unpaired) electrons. The molecule has 0 saturated carbocycles. The molecular formula is C18H20N6O4S3. The molecule has 0 aromatic carbocycles. The average Bonchev–Trinajstić information content (AvgIpc) is 3.34. The second-order valence-electron chi connectivity index (χ2n) is 6.98. The Balaban J connectivity index is 1.48. The van der Waals surface area contributed by atoms with Crippen LogP contribution in [0.1, 0.15) is 28.0 Å². The molecule has 2 atom stereocenters. The molecule has 2 N–H and O–H groups in total. The molecule has 1 fully saturated rings. The first kappa shape index (κ1) is 21.8. The Morgan fingerprint density at radius 1 is 1.35 bits per heavy atom. The fourth-order valence-corrected chi connectivity index (χ4v) is 6.70. The Morgan fingerprint density at radius 2 is 2.13 bits per heavy atom. The van der Waals surface area contributed by atoms with Crippen LogP contribution in [0.2, 0.25) is 0 Å². The highest BCUT2D eigenvalue weighted by Gasteiger charge is 2.54. The summed E-state index contributed by atoms with van der Waals surface area (Å²) in [7, 11) is 0. The molecule has 4 rings (SSSR count). The largest absolute Gasteiger partial charge is 0.477 e. The number of carbonyl (C=O) groups is 3. The van der Waals surface area contributed by atoms with Crippen LogP contribution in [0.5, 0.6) is 0 Å². The number of rotatable bonds is 7. The van der Waals surface area contributed by atoms with E-state index in [0.29, 0.717) is 34.9 Å². The molecule has 2 amide bonds. The highest BCUT2D eigenvalue weighted by molar-refractivity contribution is 8.01. The number of carbonyl (C=O) groups excluding carboxylic acids is 2.